The summed E-state index contributed by atoms with van der Waals surface area (Å²) in [6.45, 7) is 2.83. The number of carbonyl (C=O) groups excluding carboxylic acids is 3. The lowest BCUT2D eigenvalue weighted by Crippen LogP contribution is -2.47. The van der Waals surface area contributed by atoms with Crippen molar-refractivity contribution in [1.29, 1.82) is 0 Å². The van der Waals surface area contributed by atoms with Gasteiger partial charge in [0.15, 0.2) is 6.61 Å². The fraction of sp³-hybridized carbons (Fsp3) is 0.632. The molecule has 2 rings (SSSR count). The molecule has 174 valence electrons. The molecule has 2 heterocycles. The highest BCUT2D eigenvalue weighted by Gasteiger charge is 2.25. The highest BCUT2D eigenvalue weighted by molar-refractivity contribution is 7.91. The van der Waals surface area contributed by atoms with Gasteiger partial charge in [0, 0.05) is 39.1 Å². The number of sulfonamides is 1. The first-order valence-corrected chi connectivity index (χ1v) is 12.4. The third-order valence-electron chi connectivity index (χ3n) is 4.76. The predicted octanol–water partition coefficient (Wildman–Crippen LogP) is 1.43. The van der Waals surface area contributed by atoms with Crippen LogP contribution in [-0.2, 0) is 29.1 Å². The van der Waals surface area contributed by atoms with Gasteiger partial charge in [-0.15, -0.1) is 11.3 Å². The van der Waals surface area contributed by atoms with Crippen LogP contribution in [0.25, 0.3) is 0 Å². The van der Waals surface area contributed by atoms with E-state index in [1.165, 1.54) is 17.4 Å². The van der Waals surface area contributed by atoms with Gasteiger partial charge in [-0.25, -0.2) is 17.5 Å². The highest BCUT2D eigenvalue weighted by atomic mass is 32.2. The molecule has 1 aliphatic heterocycles. The van der Waals surface area contributed by atoms with Gasteiger partial charge in [-0.1, -0.05) is 6.07 Å². The van der Waals surface area contributed by atoms with Crippen LogP contribution in [0.15, 0.2) is 21.7 Å². The number of amides is 2. The lowest BCUT2D eigenvalue weighted by Gasteiger charge is -2.31. The van der Waals surface area contributed by atoms with Crippen LogP contribution in [0.2, 0.25) is 0 Å². The third kappa shape index (κ3) is 7.78. The molecule has 1 N–H and O–H groups in total. The van der Waals surface area contributed by atoms with Crippen molar-refractivity contribution in [2.45, 2.75) is 42.9 Å². The Morgan fingerprint density at radius 3 is 2.58 bits per heavy atom. The smallest absolute Gasteiger partial charge is 0.409 e. The van der Waals surface area contributed by atoms with Gasteiger partial charge in [0.05, 0.1) is 6.61 Å². The number of nitrogens with one attached hydrogen (secondary N) is 1. The van der Waals surface area contributed by atoms with Gasteiger partial charge >= 0.3 is 12.1 Å². The van der Waals surface area contributed by atoms with E-state index in [1.54, 1.807) is 23.3 Å². The maximum Gasteiger partial charge on any atom is 0.409 e. The van der Waals surface area contributed by atoms with Crippen LogP contribution in [0.3, 0.4) is 0 Å². The van der Waals surface area contributed by atoms with E-state index in [1.807, 2.05) is 0 Å². The number of hydrogen-bond acceptors (Lipinski definition) is 8. The van der Waals surface area contributed by atoms with Crippen molar-refractivity contribution < 1.29 is 32.3 Å². The summed E-state index contributed by atoms with van der Waals surface area (Å²) in [5.41, 5.74) is 0. The van der Waals surface area contributed by atoms with Crippen molar-refractivity contribution in [3.8, 4) is 0 Å². The van der Waals surface area contributed by atoms with Crippen molar-refractivity contribution in [1.82, 2.24) is 14.5 Å². The summed E-state index contributed by atoms with van der Waals surface area (Å²) in [4.78, 5) is 37.1. The molecule has 2 amide bonds. The second-order valence-electron chi connectivity index (χ2n) is 7.05. The van der Waals surface area contributed by atoms with Crippen molar-refractivity contribution >= 4 is 39.3 Å². The summed E-state index contributed by atoms with van der Waals surface area (Å²) in [6.07, 6.45) is 1.14. The zero-order valence-electron chi connectivity index (χ0n) is 17.7. The molecule has 1 aliphatic rings. The first-order chi connectivity index (χ1) is 14.7. The highest BCUT2D eigenvalue weighted by Crippen LogP contribution is 2.20. The molecule has 0 spiro atoms. The van der Waals surface area contributed by atoms with Crippen LogP contribution in [0.5, 0.6) is 0 Å². The van der Waals surface area contributed by atoms with Crippen molar-refractivity contribution in [3.63, 3.8) is 0 Å². The van der Waals surface area contributed by atoms with Crippen molar-refractivity contribution in [2.24, 2.45) is 0 Å². The molecule has 0 aliphatic carbocycles. The van der Waals surface area contributed by atoms with Crippen LogP contribution < -0.4 is 5.32 Å². The van der Waals surface area contributed by atoms with E-state index in [4.69, 9.17) is 9.47 Å². The molecule has 0 radical (unpaired) electrons. The molecule has 31 heavy (non-hydrogen) atoms. The Morgan fingerprint density at radius 2 is 1.97 bits per heavy atom. The molecular weight excluding hydrogens is 446 g/mol. The van der Waals surface area contributed by atoms with Gasteiger partial charge in [-0.2, -0.15) is 0 Å². The number of carbonyl (C=O) groups is 3. The Morgan fingerprint density at radius 1 is 1.26 bits per heavy atom. The van der Waals surface area contributed by atoms with E-state index in [0.717, 1.165) is 11.3 Å². The van der Waals surface area contributed by atoms with E-state index < -0.39 is 21.9 Å². The topological polar surface area (TPSA) is 122 Å². The molecule has 1 saturated heterocycles. The molecule has 1 aromatic rings. The summed E-state index contributed by atoms with van der Waals surface area (Å²) in [6, 6.07) is 3.11. The third-order valence-corrected chi connectivity index (χ3v) is 7.99. The number of hydrogen-bond donors (Lipinski definition) is 1. The largest absolute Gasteiger partial charge is 0.456 e. The fourth-order valence-corrected chi connectivity index (χ4v) is 5.45. The monoisotopic (exact) mass is 475 g/mol. The summed E-state index contributed by atoms with van der Waals surface area (Å²) in [5, 5.41) is 4.48. The minimum Gasteiger partial charge on any atom is -0.456 e. The Labute approximate surface area is 186 Å². The average molecular weight is 476 g/mol. The molecule has 12 heteroatoms. The molecule has 0 bridgehead atoms. The molecule has 0 unspecified atom stereocenters. The summed E-state index contributed by atoms with van der Waals surface area (Å²) in [7, 11) is -2.09. The quantitative estimate of drug-likeness (QED) is 0.508. The molecule has 10 nitrogen and oxygen atoms in total. The zero-order valence-corrected chi connectivity index (χ0v) is 19.4. The predicted molar refractivity (Wildman–Crippen MR) is 114 cm³/mol. The first-order valence-electron chi connectivity index (χ1n) is 10.1. The van der Waals surface area contributed by atoms with E-state index in [0.29, 0.717) is 32.5 Å². The number of rotatable bonds is 10. The minimum atomic E-state index is -3.55. The normalized spacial score (nSPS) is 15.0. The average Bonchev–Trinajstić information content (AvgIpc) is 3.28. The van der Waals surface area contributed by atoms with E-state index in [9.17, 15) is 22.8 Å². The van der Waals surface area contributed by atoms with Crippen LogP contribution in [0.4, 0.5) is 4.79 Å². The fourth-order valence-electron chi connectivity index (χ4n) is 3.04. The number of ether oxygens (including phenoxy) is 2. The van der Waals surface area contributed by atoms with E-state index in [-0.39, 0.29) is 42.3 Å². The number of esters is 1. The van der Waals surface area contributed by atoms with E-state index in [2.05, 4.69) is 5.32 Å². The number of thiophene rings is 1. The van der Waals surface area contributed by atoms with Crippen LogP contribution in [0.1, 0.15) is 32.6 Å². The summed E-state index contributed by atoms with van der Waals surface area (Å²) < 4.78 is 36.0. The lowest BCUT2D eigenvalue weighted by atomic mass is 10.1. The Balaban J connectivity index is 1.61. The van der Waals surface area contributed by atoms with Crippen LogP contribution in [0, 0.1) is 0 Å². The lowest BCUT2D eigenvalue weighted by molar-refractivity contribution is -0.148. The Kier molecular flexibility index (Phi) is 9.72. The Hall–Kier alpha value is -2.18. The first kappa shape index (κ1) is 25.1. The Bertz CT molecular complexity index is 835. The second-order valence-corrected chi connectivity index (χ2v) is 10.3. The molecule has 0 aromatic carbocycles. The van der Waals surface area contributed by atoms with Gasteiger partial charge < -0.3 is 19.7 Å². The van der Waals surface area contributed by atoms with Crippen LogP contribution in [-0.4, -0.2) is 81.5 Å². The standard InChI is InChI=1S/C19H29N3O7S2/c1-3-28-19(25)22-11-8-15(9-12-22)20-16(23)14-29-17(24)6-4-10-21(2)31(26,27)18-7-5-13-30-18/h5,7,13,15H,3-4,6,8-12,14H2,1-2H3,(H,20,23). The molecule has 0 saturated carbocycles. The second kappa shape index (κ2) is 12.0. The molecule has 1 aromatic heterocycles. The zero-order chi connectivity index (χ0) is 22.9. The molecule has 1 fully saturated rings. The SMILES string of the molecule is CCOC(=O)N1CCC(NC(=O)COC(=O)CCCN(C)S(=O)(=O)c2cccs2)CC1. The molecule has 0 atom stereocenters. The number of piperidine rings is 1. The number of nitrogens with zero attached hydrogens (tertiary/aromatic N) is 2. The maximum atomic E-state index is 12.3. The van der Waals surface area contributed by atoms with Gasteiger partial charge in [0.2, 0.25) is 0 Å². The summed E-state index contributed by atoms with van der Waals surface area (Å²) >= 11 is 1.14. The summed E-state index contributed by atoms with van der Waals surface area (Å²) in [5.74, 6) is -0.963. The van der Waals surface area contributed by atoms with Crippen molar-refractivity contribution in [3.05, 3.63) is 17.5 Å². The van der Waals surface area contributed by atoms with Gasteiger partial charge in [-0.3, -0.25) is 9.59 Å². The van der Waals surface area contributed by atoms with Crippen molar-refractivity contribution in [2.75, 3.05) is 39.9 Å². The van der Waals surface area contributed by atoms with Gasteiger partial charge in [-0.05, 0) is 37.6 Å². The van der Waals surface area contributed by atoms with Crippen LogP contribution >= 0.6 is 11.3 Å². The van der Waals surface area contributed by atoms with Gasteiger partial charge in [0.25, 0.3) is 15.9 Å². The maximum absolute atomic E-state index is 12.3. The van der Waals surface area contributed by atoms with E-state index >= 15 is 0 Å². The van der Waals surface area contributed by atoms with Gasteiger partial charge in [0.1, 0.15) is 4.21 Å². The molecular formula is C19H29N3O7S2. The number of likely N-dealkylation sites (tertiary alicyclic amines) is 1. The minimum absolute atomic E-state index is 0.00943.